The number of alkyl halides is 1. The Bertz CT molecular complexity index is 1780. The first-order valence-electron chi connectivity index (χ1n) is 21.2. The Morgan fingerprint density at radius 3 is 1.66 bits per heavy atom. The minimum atomic E-state index is -1.79. The van der Waals surface area contributed by atoms with Gasteiger partial charge in [0, 0.05) is 19.2 Å². The molecule has 1 aromatic heterocycles. The number of carbonyl (C=O) groups is 10. The van der Waals surface area contributed by atoms with Gasteiger partial charge < -0.3 is 71.3 Å². The third-order valence-electron chi connectivity index (χ3n) is 8.90. The van der Waals surface area contributed by atoms with E-state index in [1.54, 1.807) is 0 Å². The van der Waals surface area contributed by atoms with Gasteiger partial charge in [-0.2, -0.15) is 0 Å². The highest BCUT2D eigenvalue weighted by Crippen LogP contribution is 2.08. The predicted molar refractivity (Wildman–Crippen MR) is 224 cm³/mol. The molecule has 67 heavy (non-hydrogen) atoms. The van der Waals surface area contributed by atoms with Crippen molar-refractivity contribution in [1.82, 2.24) is 46.9 Å². The molecular formula is C39H62FN9O18. The maximum absolute atomic E-state index is 13.6. The lowest BCUT2D eigenvalue weighted by Gasteiger charge is -2.28. The lowest BCUT2D eigenvalue weighted by atomic mass is 10.0. The van der Waals surface area contributed by atoms with Gasteiger partial charge in [0.1, 0.15) is 36.8 Å². The molecule has 0 aliphatic rings. The number of carboxylic acids is 4. The van der Waals surface area contributed by atoms with Crippen LogP contribution < -0.4 is 31.9 Å². The van der Waals surface area contributed by atoms with Gasteiger partial charge in [0.05, 0.1) is 84.5 Å². The Kier molecular flexibility index (Phi) is 29.0. The van der Waals surface area contributed by atoms with E-state index in [4.69, 9.17) is 24.1 Å². The minimum Gasteiger partial charge on any atom is -0.481 e. The number of rotatable bonds is 38. The second kappa shape index (κ2) is 33.1. The molecule has 0 fully saturated rings. The number of hydrogen-bond donors (Lipinski definition) is 10. The number of carboxylic acid groups (broad SMARTS) is 4. The summed E-state index contributed by atoms with van der Waals surface area (Å²) in [7, 11) is 0. The minimum absolute atomic E-state index is 0.0207. The Morgan fingerprint density at radius 2 is 1.12 bits per heavy atom. The Balaban J connectivity index is 2.81. The van der Waals surface area contributed by atoms with Gasteiger partial charge in [0.2, 0.25) is 35.4 Å². The fourth-order valence-electron chi connectivity index (χ4n) is 5.49. The number of aryl methyl sites for hydroxylation is 1. The van der Waals surface area contributed by atoms with Crippen molar-refractivity contribution < 1.29 is 91.7 Å². The van der Waals surface area contributed by atoms with E-state index < -0.39 is 134 Å². The van der Waals surface area contributed by atoms with Gasteiger partial charge in [0.15, 0.2) is 0 Å². The van der Waals surface area contributed by atoms with E-state index in [1.807, 2.05) is 0 Å². The Hall–Kier alpha value is -6.39. The van der Waals surface area contributed by atoms with Crippen molar-refractivity contribution in [2.75, 3.05) is 66.1 Å². The molecule has 5 atom stereocenters. The third-order valence-corrected chi connectivity index (χ3v) is 8.90. The number of carbonyl (C=O) groups excluding carboxylic acids is 6. The van der Waals surface area contributed by atoms with Crippen molar-refractivity contribution in [1.29, 1.82) is 0 Å². The molecule has 0 aliphatic heterocycles. The van der Waals surface area contributed by atoms with E-state index in [-0.39, 0.29) is 78.7 Å². The highest BCUT2D eigenvalue weighted by molar-refractivity contribution is 5.98. The molecule has 10 N–H and O–H groups in total. The largest absolute Gasteiger partial charge is 0.481 e. The molecule has 1 rings (SSSR count). The number of amides is 6. The molecule has 28 heteroatoms. The zero-order valence-corrected chi connectivity index (χ0v) is 37.5. The van der Waals surface area contributed by atoms with Crippen LogP contribution in [0.25, 0.3) is 0 Å². The summed E-state index contributed by atoms with van der Waals surface area (Å²) < 4.78 is 34.7. The van der Waals surface area contributed by atoms with Crippen molar-refractivity contribution in [2.45, 2.75) is 102 Å². The smallest absolute Gasteiger partial charge is 0.305 e. The summed E-state index contributed by atoms with van der Waals surface area (Å²) in [5.74, 6) is -12.2. The van der Waals surface area contributed by atoms with Crippen LogP contribution in [0, 0.1) is 5.92 Å². The number of nitrogens with zero attached hydrogens (tertiary/aromatic N) is 3. The van der Waals surface area contributed by atoms with Crippen molar-refractivity contribution in [2.24, 2.45) is 5.92 Å². The third kappa shape index (κ3) is 27.0. The molecule has 6 amide bonds. The van der Waals surface area contributed by atoms with Crippen LogP contribution in [-0.4, -0.2) is 191 Å². The fourth-order valence-corrected chi connectivity index (χ4v) is 5.49. The predicted octanol–water partition coefficient (Wildman–Crippen LogP) is -3.25. The summed E-state index contributed by atoms with van der Waals surface area (Å²) in [6, 6.07) is -8.05. The molecule has 0 spiro atoms. The number of nitrogens with one attached hydrogen (secondary N) is 6. The molecule has 378 valence electrons. The van der Waals surface area contributed by atoms with Crippen molar-refractivity contribution in [3.8, 4) is 0 Å². The SMILES string of the molecule is CC(C)[C@H](NC(=O)C(CCC(=O)O)NC(=O)[C@H](CC(=O)O)NC(=O)Cn1cc(CCCF)nn1)C(=O)NC(CC(=O)O)C(=O)N[C@@H](C)C(=O)NCCOCCOCCOCCOCCC(=O)O. The maximum atomic E-state index is 13.6. The summed E-state index contributed by atoms with van der Waals surface area (Å²) in [5.41, 5.74) is 0.373. The molecule has 0 radical (unpaired) electrons. The molecule has 27 nitrogen and oxygen atoms in total. The van der Waals surface area contributed by atoms with E-state index >= 15 is 0 Å². The van der Waals surface area contributed by atoms with Crippen LogP contribution in [0.2, 0.25) is 0 Å². The van der Waals surface area contributed by atoms with Gasteiger partial charge in [-0.1, -0.05) is 19.1 Å². The van der Waals surface area contributed by atoms with Crippen LogP contribution in [0.3, 0.4) is 0 Å². The van der Waals surface area contributed by atoms with Crippen molar-refractivity contribution in [3.63, 3.8) is 0 Å². The Morgan fingerprint density at radius 1 is 0.612 bits per heavy atom. The second-order valence-electron chi connectivity index (χ2n) is 14.9. The topological polar surface area (TPSA) is 391 Å². The van der Waals surface area contributed by atoms with Crippen molar-refractivity contribution >= 4 is 59.3 Å². The summed E-state index contributed by atoms with van der Waals surface area (Å²) >= 11 is 0. The number of ether oxygens (including phenoxy) is 4. The number of aromatic nitrogens is 3. The van der Waals surface area contributed by atoms with Gasteiger partial charge in [-0.15, -0.1) is 5.10 Å². The fraction of sp³-hybridized carbons (Fsp3) is 0.692. The molecule has 0 saturated heterocycles. The summed E-state index contributed by atoms with van der Waals surface area (Å²) in [5, 5.41) is 58.2. The van der Waals surface area contributed by atoms with Crippen LogP contribution in [0.15, 0.2) is 6.20 Å². The van der Waals surface area contributed by atoms with Crippen LogP contribution in [-0.2, 0) is 79.9 Å². The summed E-state index contributed by atoms with van der Waals surface area (Å²) in [6.45, 7) is 4.71. The van der Waals surface area contributed by atoms with Gasteiger partial charge >= 0.3 is 23.9 Å². The molecule has 0 aromatic carbocycles. The monoisotopic (exact) mass is 963 g/mol. The maximum Gasteiger partial charge on any atom is 0.305 e. The number of aliphatic carboxylic acids is 4. The number of halogens is 1. The number of hydrogen-bond acceptors (Lipinski definition) is 16. The standard InChI is InChI=1S/C39H62FN9O18/c1-23(2)34(46-36(60)26(6-7-30(51)52)44-38(62)27(19-32(55)56)43-29(50)22-49-21-25(47-48-49)5-4-9-40)39(63)45-28(20-33(57)58)37(61)42-24(3)35(59)41-10-12-65-14-16-67-18-17-66-15-13-64-11-8-31(53)54/h21,23-24,26-28,34H,4-20,22H2,1-3H3,(H,41,59)(H,42,61)(H,43,50)(H,44,62)(H,45,63)(H,46,60)(H,51,52)(H,53,54)(H,55,56)(H,57,58)/t24-,26?,27-,28?,34-/m0/s1. The van der Waals surface area contributed by atoms with E-state index in [9.17, 15) is 67.7 Å². The summed E-state index contributed by atoms with van der Waals surface area (Å²) in [4.78, 5) is 124. The second-order valence-corrected chi connectivity index (χ2v) is 14.9. The van der Waals surface area contributed by atoms with Crippen LogP contribution in [0.1, 0.15) is 65.0 Å². The highest BCUT2D eigenvalue weighted by atomic mass is 19.1. The van der Waals surface area contributed by atoms with Gasteiger partial charge in [-0.25, -0.2) is 4.68 Å². The van der Waals surface area contributed by atoms with Crippen LogP contribution in [0.4, 0.5) is 4.39 Å². The average Bonchev–Trinajstić information content (AvgIpc) is 3.69. The van der Waals surface area contributed by atoms with Crippen LogP contribution >= 0.6 is 0 Å². The zero-order chi connectivity index (χ0) is 50.3. The van der Waals surface area contributed by atoms with E-state index in [1.165, 1.54) is 27.0 Å². The molecule has 0 saturated carbocycles. The molecule has 1 aromatic rings. The van der Waals surface area contributed by atoms with Gasteiger partial charge in [-0.3, -0.25) is 52.3 Å². The molecule has 1 heterocycles. The van der Waals surface area contributed by atoms with E-state index in [0.717, 1.165) is 4.68 Å². The normalized spacial score (nSPS) is 13.3. The van der Waals surface area contributed by atoms with Crippen LogP contribution in [0.5, 0.6) is 0 Å². The van der Waals surface area contributed by atoms with Gasteiger partial charge in [0.25, 0.3) is 0 Å². The molecule has 0 bridgehead atoms. The molecule has 0 aliphatic carbocycles. The highest BCUT2D eigenvalue weighted by Gasteiger charge is 2.34. The zero-order valence-electron chi connectivity index (χ0n) is 37.5. The van der Waals surface area contributed by atoms with E-state index in [0.29, 0.717) is 5.69 Å². The molecular weight excluding hydrogens is 901 g/mol. The lowest BCUT2D eigenvalue weighted by molar-refractivity contribution is -0.142. The van der Waals surface area contributed by atoms with E-state index in [2.05, 4.69) is 42.2 Å². The first-order valence-corrected chi connectivity index (χ1v) is 21.2. The summed E-state index contributed by atoms with van der Waals surface area (Å²) in [6.07, 6.45) is -1.57. The lowest BCUT2D eigenvalue weighted by Crippen LogP contribution is -2.60. The molecule has 2 unspecified atom stereocenters. The van der Waals surface area contributed by atoms with Crippen molar-refractivity contribution in [3.05, 3.63) is 11.9 Å². The van der Waals surface area contributed by atoms with Gasteiger partial charge in [-0.05, 0) is 32.1 Å². The quantitative estimate of drug-likeness (QED) is 0.0291. The average molecular weight is 964 g/mol. The first-order chi connectivity index (χ1) is 31.7. The first kappa shape index (κ1) is 58.6. The Labute approximate surface area is 383 Å².